The molecule has 2 aromatic carbocycles. The average molecular weight is 771 g/mol. The summed E-state index contributed by atoms with van der Waals surface area (Å²) in [5.74, 6) is -1.68. The van der Waals surface area contributed by atoms with Crippen LogP contribution >= 0.6 is 11.3 Å². The summed E-state index contributed by atoms with van der Waals surface area (Å²) in [6, 6.07) is 13.0. The summed E-state index contributed by atoms with van der Waals surface area (Å²) in [4.78, 5) is 46.7. The fourth-order valence-electron chi connectivity index (χ4n) is 6.26. The van der Waals surface area contributed by atoms with Gasteiger partial charge in [-0.3, -0.25) is 9.59 Å². The summed E-state index contributed by atoms with van der Waals surface area (Å²) in [6.45, 7) is 8.28. The first-order valence-electron chi connectivity index (χ1n) is 17.7. The minimum Gasteiger partial charge on any atom is -0.481 e. The third kappa shape index (κ3) is 11.3. The third-order valence-corrected chi connectivity index (χ3v) is 12.0. The van der Waals surface area contributed by atoms with Crippen molar-refractivity contribution in [1.82, 2.24) is 24.4 Å². The molecule has 3 amide bonds. The first-order valence-corrected chi connectivity index (χ1v) is 20.1. The number of hydrogen-bond donors (Lipinski definition) is 4. The maximum atomic E-state index is 14.3. The van der Waals surface area contributed by atoms with Crippen LogP contribution in [-0.2, 0) is 39.0 Å². The zero-order chi connectivity index (χ0) is 38.7. The number of carbonyl (C=O) groups excluding carboxylic acids is 2. The highest BCUT2D eigenvalue weighted by atomic mass is 32.2. The smallest absolute Gasteiger partial charge is 0.321 e. The minimum atomic E-state index is -4.08. The lowest BCUT2D eigenvalue weighted by Crippen LogP contribution is -2.57. The van der Waals surface area contributed by atoms with E-state index in [0.29, 0.717) is 42.2 Å². The van der Waals surface area contributed by atoms with Crippen LogP contribution in [0.3, 0.4) is 0 Å². The summed E-state index contributed by atoms with van der Waals surface area (Å²) >= 11 is 1.35. The summed E-state index contributed by atoms with van der Waals surface area (Å²) in [6.07, 6.45) is 0.941. The van der Waals surface area contributed by atoms with Crippen molar-refractivity contribution < 1.29 is 38.2 Å². The Morgan fingerprint density at radius 2 is 1.77 bits per heavy atom. The van der Waals surface area contributed by atoms with Gasteiger partial charge in [-0.15, -0.1) is 11.3 Å². The standard InChI is InChI=1S/C37H50N6O8S2/c1-5-26(4)35(43-18-17-41(37(43)48)22-29-24-52-33(39-29)15-16-34(45)46)36(47)40-31(19-27-9-7-6-8-10-27)32(44)23-42(21-25(2)3)53(50,51)30-13-11-28(12-14-30)20-38-49/h6-14,20,24-26,31-32,35,44,49H,5,15-19,21-23H2,1-4H3,(H,40,47)(H,45,46)/t26-,31-,32-,35-/m0/s1. The molecular weight excluding hydrogens is 721 g/mol. The van der Waals surface area contributed by atoms with Gasteiger partial charge in [-0.1, -0.05) is 81.7 Å². The number of nitrogens with zero attached hydrogens (tertiary/aromatic N) is 5. The number of oxime groups is 1. The average Bonchev–Trinajstić information content (AvgIpc) is 3.73. The summed E-state index contributed by atoms with van der Waals surface area (Å²) in [7, 11) is -4.08. The molecular formula is C37H50N6O8S2. The molecule has 288 valence electrons. The van der Waals surface area contributed by atoms with Gasteiger partial charge in [-0.2, -0.15) is 4.31 Å². The van der Waals surface area contributed by atoms with Crippen LogP contribution in [0.15, 0.2) is 70.0 Å². The largest absolute Gasteiger partial charge is 0.481 e. The Labute approximate surface area is 315 Å². The highest BCUT2D eigenvalue weighted by Crippen LogP contribution is 2.25. The highest BCUT2D eigenvalue weighted by molar-refractivity contribution is 7.89. The van der Waals surface area contributed by atoms with Crippen LogP contribution in [-0.4, -0.2) is 111 Å². The van der Waals surface area contributed by atoms with E-state index >= 15 is 0 Å². The molecule has 0 unspecified atom stereocenters. The second-order valence-electron chi connectivity index (χ2n) is 13.8. The molecule has 4 rings (SSSR count). The van der Waals surface area contributed by atoms with Crippen molar-refractivity contribution in [3.8, 4) is 0 Å². The summed E-state index contributed by atoms with van der Waals surface area (Å²) < 4.78 is 29.0. The molecule has 0 radical (unpaired) electrons. The van der Waals surface area contributed by atoms with Crippen LogP contribution in [0, 0.1) is 11.8 Å². The number of benzene rings is 2. The van der Waals surface area contributed by atoms with Crippen LogP contribution in [0.2, 0.25) is 0 Å². The Bertz CT molecular complexity index is 1800. The van der Waals surface area contributed by atoms with Crippen molar-refractivity contribution in [3.05, 3.63) is 81.8 Å². The van der Waals surface area contributed by atoms with Crippen LogP contribution in [0.4, 0.5) is 4.79 Å². The number of sulfonamides is 1. The van der Waals surface area contributed by atoms with Gasteiger partial charge >= 0.3 is 12.0 Å². The molecule has 14 nitrogen and oxygen atoms in total. The lowest BCUT2D eigenvalue weighted by atomic mass is 9.95. The normalized spacial score (nSPS) is 16.0. The SMILES string of the molecule is CC[C@H](C)[C@@H](C(=O)N[C@@H](Cc1ccccc1)[C@@H](O)CN(CC(C)C)S(=O)(=O)c1ccc(C=NO)cc1)N1CCN(Cc2csc(CCC(=O)O)n2)C1=O. The van der Waals surface area contributed by atoms with Crippen LogP contribution in [0.25, 0.3) is 0 Å². The number of aromatic nitrogens is 1. The fourth-order valence-corrected chi connectivity index (χ4v) is 8.67. The van der Waals surface area contributed by atoms with Gasteiger partial charge in [0, 0.05) is 38.0 Å². The number of urea groups is 1. The van der Waals surface area contributed by atoms with E-state index in [-0.39, 0.29) is 55.2 Å². The highest BCUT2D eigenvalue weighted by Gasteiger charge is 2.41. The number of aliphatic hydroxyl groups excluding tert-OH is 1. The van der Waals surface area contributed by atoms with E-state index < -0.39 is 40.1 Å². The predicted molar refractivity (Wildman–Crippen MR) is 201 cm³/mol. The van der Waals surface area contributed by atoms with Crippen molar-refractivity contribution in [2.75, 3.05) is 26.2 Å². The van der Waals surface area contributed by atoms with Crippen LogP contribution in [0.1, 0.15) is 62.4 Å². The number of carboxylic acids is 1. The van der Waals surface area contributed by atoms with E-state index in [1.165, 1.54) is 46.1 Å². The van der Waals surface area contributed by atoms with Gasteiger partial charge in [0.15, 0.2) is 0 Å². The number of carbonyl (C=O) groups is 3. The van der Waals surface area contributed by atoms with Crippen molar-refractivity contribution in [3.63, 3.8) is 0 Å². The van der Waals surface area contributed by atoms with E-state index in [4.69, 9.17) is 10.3 Å². The number of aliphatic hydroxyl groups is 1. The first kappa shape index (κ1) is 41.4. The molecule has 1 fully saturated rings. The van der Waals surface area contributed by atoms with E-state index in [1.54, 1.807) is 9.80 Å². The van der Waals surface area contributed by atoms with Crippen molar-refractivity contribution in [2.24, 2.45) is 17.0 Å². The third-order valence-electron chi connectivity index (χ3n) is 9.19. The Morgan fingerprint density at radius 3 is 2.40 bits per heavy atom. The Balaban J connectivity index is 1.56. The van der Waals surface area contributed by atoms with Crippen molar-refractivity contribution >= 4 is 45.5 Å². The summed E-state index contributed by atoms with van der Waals surface area (Å²) in [5, 5.41) is 38.1. The second kappa shape index (κ2) is 19.1. The molecule has 1 aromatic heterocycles. The monoisotopic (exact) mass is 770 g/mol. The van der Waals surface area contributed by atoms with Gasteiger partial charge < -0.3 is 30.5 Å². The molecule has 3 aromatic rings. The molecule has 0 saturated carbocycles. The summed E-state index contributed by atoms with van der Waals surface area (Å²) in [5.41, 5.74) is 1.98. The molecule has 4 N–H and O–H groups in total. The number of hydrogen-bond acceptors (Lipinski definition) is 10. The number of aryl methyl sites for hydroxylation is 1. The van der Waals surface area contributed by atoms with Gasteiger partial charge in [0.25, 0.3) is 0 Å². The Morgan fingerprint density at radius 1 is 1.08 bits per heavy atom. The van der Waals surface area contributed by atoms with E-state index in [1.807, 2.05) is 63.4 Å². The van der Waals surface area contributed by atoms with Gasteiger partial charge in [0.1, 0.15) is 6.04 Å². The van der Waals surface area contributed by atoms with Gasteiger partial charge in [-0.05, 0) is 41.5 Å². The van der Waals surface area contributed by atoms with E-state index in [9.17, 15) is 27.9 Å². The number of aliphatic carboxylic acids is 1. The number of amides is 3. The maximum Gasteiger partial charge on any atom is 0.321 e. The molecule has 1 saturated heterocycles. The zero-order valence-corrected chi connectivity index (χ0v) is 32.2. The number of rotatable bonds is 20. The minimum absolute atomic E-state index is 0.00663. The van der Waals surface area contributed by atoms with Crippen molar-refractivity contribution in [1.29, 1.82) is 0 Å². The van der Waals surface area contributed by atoms with Gasteiger partial charge in [0.05, 0.1) is 46.9 Å². The Kier molecular flexibility index (Phi) is 14.9. The van der Waals surface area contributed by atoms with E-state index in [0.717, 1.165) is 5.56 Å². The number of carboxylic acid groups (broad SMARTS) is 1. The molecule has 1 aliphatic heterocycles. The lowest BCUT2D eigenvalue weighted by molar-refractivity contribution is -0.137. The first-order chi connectivity index (χ1) is 25.2. The molecule has 0 bridgehead atoms. The maximum absolute atomic E-state index is 14.3. The topological polar surface area (TPSA) is 193 Å². The van der Waals surface area contributed by atoms with Crippen LogP contribution < -0.4 is 5.32 Å². The van der Waals surface area contributed by atoms with Gasteiger partial charge in [-0.25, -0.2) is 18.2 Å². The zero-order valence-electron chi connectivity index (χ0n) is 30.5. The predicted octanol–water partition coefficient (Wildman–Crippen LogP) is 4.06. The molecule has 16 heteroatoms. The molecule has 2 heterocycles. The molecule has 0 spiro atoms. The molecule has 0 aliphatic carbocycles. The van der Waals surface area contributed by atoms with Crippen molar-refractivity contribution in [2.45, 2.75) is 83.0 Å². The second-order valence-corrected chi connectivity index (χ2v) is 16.6. The van der Waals surface area contributed by atoms with E-state index in [2.05, 4.69) is 15.5 Å². The fraction of sp³-hybridized carbons (Fsp3) is 0.486. The number of nitrogens with one attached hydrogen (secondary N) is 1. The quantitative estimate of drug-likeness (QED) is 0.0745. The van der Waals surface area contributed by atoms with Gasteiger partial charge in [0.2, 0.25) is 15.9 Å². The van der Waals surface area contributed by atoms with Crippen LogP contribution in [0.5, 0.6) is 0 Å². The molecule has 53 heavy (non-hydrogen) atoms. The molecule has 1 aliphatic rings. The Hall–Kier alpha value is -4.38. The molecule has 4 atom stereocenters. The number of thiazole rings is 1. The lowest BCUT2D eigenvalue weighted by Gasteiger charge is -2.35.